The highest BCUT2D eigenvalue weighted by atomic mass is 32.2. The maximum atomic E-state index is 12.9. The second-order valence-electron chi connectivity index (χ2n) is 7.60. The van der Waals surface area contributed by atoms with Crippen molar-refractivity contribution in [2.75, 3.05) is 32.7 Å². The van der Waals surface area contributed by atoms with Crippen LogP contribution >= 0.6 is 0 Å². The molecule has 2 fully saturated rings. The van der Waals surface area contributed by atoms with Gasteiger partial charge in [-0.15, -0.1) is 0 Å². The van der Waals surface area contributed by atoms with Gasteiger partial charge in [-0.3, -0.25) is 0 Å². The number of piperidine rings is 2. The lowest BCUT2D eigenvalue weighted by Crippen LogP contribution is -2.43. The van der Waals surface area contributed by atoms with Crippen LogP contribution in [0.1, 0.15) is 38.2 Å². The van der Waals surface area contributed by atoms with Crippen LogP contribution in [0, 0.1) is 18.8 Å². The fourth-order valence-electron chi connectivity index (χ4n) is 3.93. The van der Waals surface area contributed by atoms with Gasteiger partial charge in [-0.25, -0.2) is 8.42 Å². The van der Waals surface area contributed by atoms with Crippen molar-refractivity contribution in [1.29, 1.82) is 0 Å². The average Bonchev–Trinajstić information content (AvgIpc) is 2.58. The SMILES string of the molecule is Cc1ccccc1S(=O)(=O)N1CCC(CN2CCC(C)CC2)CC1. The molecule has 4 nitrogen and oxygen atoms in total. The third-order valence-electron chi connectivity index (χ3n) is 5.68. The van der Waals surface area contributed by atoms with E-state index in [1.807, 2.05) is 25.1 Å². The van der Waals surface area contributed by atoms with Crippen LogP contribution in [0.25, 0.3) is 0 Å². The topological polar surface area (TPSA) is 40.6 Å². The van der Waals surface area contributed by atoms with Gasteiger partial charge >= 0.3 is 0 Å². The molecule has 0 aliphatic carbocycles. The Labute approximate surface area is 146 Å². The second kappa shape index (κ2) is 7.54. The Kier molecular flexibility index (Phi) is 5.63. The van der Waals surface area contributed by atoms with Gasteiger partial charge in [0.05, 0.1) is 4.90 Å². The van der Waals surface area contributed by atoms with Crippen molar-refractivity contribution in [1.82, 2.24) is 9.21 Å². The fourth-order valence-corrected chi connectivity index (χ4v) is 5.62. The van der Waals surface area contributed by atoms with E-state index >= 15 is 0 Å². The Hall–Kier alpha value is -0.910. The molecular weight excluding hydrogens is 320 g/mol. The van der Waals surface area contributed by atoms with Crippen molar-refractivity contribution < 1.29 is 8.42 Å². The van der Waals surface area contributed by atoms with E-state index in [-0.39, 0.29) is 0 Å². The first-order valence-corrected chi connectivity index (χ1v) is 10.7. The maximum absolute atomic E-state index is 12.9. The minimum absolute atomic E-state index is 0.466. The summed E-state index contributed by atoms with van der Waals surface area (Å²) in [6, 6.07) is 7.30. The van der Waals surface area contributed by atoms with Gasteiger partial charge in [0.25, 0.3) is 0 Å². The van der Waals surface area contributed by atoms with Crippen LogP contribution in [0.3, 0.4) is 0 Å². The second-order valence-corrected chi connectivity index (χ2v) is 9.50. The van der Waals surface area contributed by atoms with E-state index in [0.717, 1.165) is 30.9 Å². The molecule has 24 heavy (non-hydrogen) atoms. The minimum atomic E-state index is -3.34. The lowest BCUT2D eigenvalue weighted by Gasteiger charge is -2.36. The smallest absolute Gasteiger partial charge is 0.243 e. The molecule has 2 heterocycles. The molecule has 0 unspecified atom stereocenters. The summed E-state index contributed by atoms with van der Waals surface area (Å²) in [6.45, 7) is 9.09. The van der Waals surface area contributed by atoms with E-state index in [2.05, 4.69) is 11.8 Å². The van der Waals surface area contributed by atoms with Gasteiger partial charge in [-0.2, -0.15) is 4.31 Å². The number of rotatable bonds is 4. The highest BCUT2D eigenvalue weighted by Crippen LogP contribution is 2.27. The first kappa shape index (κ1) is 17.9. The number of sulfonamides is 1. The summed E-state index contributed by atoms with van der Waals surface area (Å²) in [4.78, 5) is 3.05. The third-order valence-corrected chi connectivity index (χ3v) is 7.74. The zero-order valence-corrected chi connectivity index (χ0v) is 15.8. The van der Waals surface area contributed by atoms with Gasteiger partial charge in [-0.05, 0) is 69.2 Å². The average molecular weight is 351 g/mol. The van der Waals surface area contributed by atoms with Crippen molar-refractivity contribution in [2.24, 2.45) is 11.8 Å². The summed E-state index contributed by atoms with van der Waals surface area (Å²) < 4.78 is 27.4. The quantitative estimate of drug-likeness (QED) is 0.838. The molecule has 0 aromatic heterocycles. The summed E-state index contributed by atoms with van der Waals surface area (Å²) in [5, 5.41) is 0. The van der Waals surface area contributed by atoms with Crippen molar-refractivity contribution in [3.05, 3.63) is 29.8 Å². The molecule has 2 aliphatic heterocycles. The van der Waals surface area contributed by atoms with Gasteiger partial charge in [0, 0.05) is 19.6 Å². The molecule has 1 aromatic carbocycles. The molecule has 1 aromatic rings. The van der Waals surface area contributed by atoms with Crippen molar-refractivity contribution in [3.8, 4) is 0 Å². The molecule has 0 atom stereocenters. The van der Waals surface area contributed by atoms with Gasteiger partial charge in [0.1, 0.15) is 0 Å². The number of nitrogens with zero attached hydrogens (tertiary/aromatic N) is 2. The standard InChI is InChI=1S/C19H30N2O2S/c1-16-7-11-20(12-8-16)15-18-9-13-21(14-10-18)24(22,23)19-6-4-3-5-17(19)2/h3-6,16,18H,7-15H2,1-2H3. The highest BCUT2D eigenvalue weighted by molar-refractivity contribution is 7.89. The molecule has 0 saturated carbocycles. The Morgan fingerprint density at radius 2 is 1.62 bits per heavy atom. The summed E-state index contributed by atoms with van der Waals surface area (Å²) >= 11 is 0. The molecule has 0 spiro atoms. The first-order valence-electron chi connectivity index (χ1n) is 9.25. The number of aryl methyl sites for hydroxylation is 1. The van der Waals surface area contributed by atoms with Crippen molar-refractivity contribution in [3.63, 3.8) is 0 Å². The minimum Gasteiger partial charge on any atom is -0.303 e. The van der Waals surface area contributed by atoms with Crippen LogP contribution in [0.5, 0.6) is 0 Å². The van der Waals surface area contributed by atoms with E-state index in [1.54, 1.807) is 10.4 Å². The number of likely N-dealkylation sites (tertiary alicyclic amines) is 1. The Morgan fingerprint density at radius 1 is 1.00 bits per heavy atom. The predicted octanol–water partition coefficient (Wildman–Crippen LogP) is 3.13. The predicted molar refractivity (Wildman–Crippen MR) is 97.5 cm³/mol. The Balaban J connectivity index is 1.56. The molecule has 0 bridgehead atoms. The molecule has 0 amide bonds. The van der Waals surface area contributed by atoms with Gasteiger partial charge in [0.15, 0.2) is 0 Å². The van der Waals surface area contributed by atoms with Gasteiger partial charge < -0.3 is 4.90 Å². The monoisotopic (exact) mass is 350 g/mol. The van der Waals surface area contributed by atoms with E-state index in [0.29, 0.717) is 23.9 Å². The zero-order valence-electron chi connectivity index (χ0n) is 14.9. The number of benzene rings is 1. The van der Waals surface area contributed by atoms with Crippen molar-refractivity contribution >= 4 is 10.0 Å². The summed E-state index contributed by atoms with van der Waals surface area (Å²) in [5.41, 5.74) is 0.835. The molecule has 0 N–H and O–H groups in total. The molecule has 5 heteroatoms. The molecule has 134 valence electrons. The molecule has 3 rings (SSSR count). The first-order chi connectivity index (χ1) is 11.5. The molecule has 2 aliphatic rings. The summed E-state index contributed by atoms with van der Waals surface area (Å²) in [6.07, 6.45) is 4.58. The lowest BCUT2D eigenvalue weighted by atomic mass is 9.94. The molecule has 2 saturated heterocycles. The van der Waals surface area contributed by atoms with Crippen LogP contribution in [0.4, 0.5) is 0 Å². The van der Waals surface area contributed by atoms with Crippen LogP contribution in [0.15, 0.2) is 29.2 Å². The Morgan fingerprint density at radius 3 is 2.25 bits per heavy atom. The van der Waals surface area contributed by atoms with Crippen LogP contribution < -0.4 is 0 Å². The van der Waals surface area contributed by atoms with Crippen LogP contribution in [0.2, 0.25) is 0 Å². The molecule has 0 radical (unpaired) electrons. The highest BCUT2D eigenvalue weighted by Gasteiger charge is 2.31. The van der Waals surface area contributed by atoms with E-state index in [9.17, 15) is 8.42 Å². The van der Waals surface area contributed by atoms with E-state index in [4.69, 9.17) is 0 Å². The fraction of sp³-hybridized carbons (Fsp3) is 0.684. The van der Waals surface area contributed by atoms with E-state index in [1.165, 1.54) is 25.9 Å². The van der Waals surface area contributed by atoms with Crippen LogP contribution in [-0.2, 0) is 10.0 Å². The summed E-state index contributed by atoms with van der Waals surface area (Å²) in [5.74, 6) is 1.50. The van der Waals surface area contributed by atoms with E-state index < -0.39 is 10.0 Å². The lowest BCUT2D eigenvalue weighted by molar-refractivity contribution is 0.142. The number of hydrogen-bond acceptors (Lipinski definition) is 3. The maximum Gasteiger partial charge on any atom is 0.243 e. The van der Waals surface area contributed by atoms with Gasteiger partial charge in [0.2, 0.25) is 10.0 Å². The zero-order chi connectivity index (χ0) is 17.2. The van der Waals surface area contributed by atoms with Crippen LogP contribution in [-0.4, -0.2) is 50.3 Å². The number of hydrogen-bond donors (Lipinski definition) is 0. The van der Waals surface area contributed by atoms with Gasteiger partial charge in [-0.1, -0.05) is 25.1 Å². The summed E-state index contributed by atoms with van der Waals surface area (Å²) in [7, 11) is -3.34. The third kappa shape index (κ3) is 4.01. The largest absolute Gasteiger partial charge is 0.303 e. The Bertz CT molecular complexity index is 643. The van der Waals surface area contributed by atoms with Crippen molar-refractivity contribution in [2.45, 2.75) is 44.4 Å². The molecular formula is C19H30N2O2S. The normalized spacial score (nSPS) is 22.8.